The minimum absolute atomic E-state index is 0.184. The molecule has 32 heavy (non-hydrogen) atoms. The summed E-state index contributed by atoms with van der Waals surface area (Å²) in [7, 11) is 0. The molecule has 3 N–H and O–H groups in total. The second-order valence-corrected chi connectivity index (χ2v) is 7.03. The molecule has 7 nitrogen and oxygen atoms in total. The third-order valence-electron chi connectivity index (χ3n) is 4.62. The summed E-state index contributed by atoms with van der Waals surface area (Å²) in [5.41, 5.74) is 2.40. The zero-order valence-electron chi connectivity index (χ0n) is 17.7. The molecule has 3 aromatic rings. The van der Waals surface area contributed by atoms with Crippen molar-refractivity contribution in [1.29, 1.82) is 0 Å². The number of hydrogen-bond donors (Lipinski definition) is 3. The Labute approximate surface area is 186 Å². The van der Waals surface area contributed by atoms with Gasteiger partial charge in [0.25, 0.3) is 5.56 Å². The van der Waals surface area contributed by atoms with Crippen LogP contribution in [0, 0.1) is 30.6 Å². The quantitative estimate of drug-likeness (QED) is 0.304. The summed E-state index contributed by atoms with van der Waals surface area (Å²) < 4.78 is 0. The average Bonchev–Trinajstić information content (AvgIpc) is 2.80. The van der Waals surface area contributed by atoms with E-state index < -0.39 is 5.56 Å². The van der Waals surface area contributed by atoms with Crippen molar-refractivity contribution in [2.24, 2.45) is 0 Å². The molecule has 160 valence electrons. The van der Waals surface area contributed by atoms with Crippen LogP contribution in [0.25, 0.3) is 0 Å². The van der Waals surface area contributed by atoms with Crippen LogP contribution in [0.4, 0.5) is 0 Å². The molecule has 1 atom stereocenters. The summed E-state index contributed by atoms with van der Waals surface area (Å²) in [6.07, 6.45) is 6.98. The van der Waals surface area contributed by atoms with Gasteiger partial charge in [0.15, 0.2) is 0 Å². The molecule has 0 aliphatic heterocycles. The number of aromatic amines is 1. The SMILES string of the molecule is C=CCNCC(Cc1ccc(C#CC#Cc2cnc(C)nc2)cc1)c1nc[nH]c(=O)c1O. The van der Waals surface area contributed by atoms with Gasteiger partial charge in [0, 0.05) is 37.0 Å². The zero-order chi connectivity index (χ0) is 22.8. The largest absolute Gasteiger partial charge is 0.502 e. The van der Waals surface area contributed by atoms with Crippen molar-refractivity contribution >= 4 is 0 Å². The highest BCUT2D eigenvalue weighted by molar-refractivity contribution is 5.44. The first-order chi connectivity index (χ1) is 15.6. The number of benzene rings is 1. The number of aromatic nitrogens is 4. The van der Waals surface area contributed by atoms with Crippen LogP contribution in [0.15, 0.2) is 60.4 Å². The van der Waals surface area contributed by atoms with Gasteiger partial charge in [-0.25, -0.2) is 15.0 Å². The fourth-order valence-corrected chi connectivity index (χ4v) is 3.00. The molecule has 3 rings (SSSR count). The molecule has 1 unspecified atom stereocenters. The van der Waals surface area contributed by atoms with Crippen LogP contribution in [0.2, 0.25) is 0 Å². The highest BCUT2D eigenvalue weighted by atomic mass is 16.3. The van der Waals surface area contributed by atoms with Crippen molar-refractivity contribution in [3.05, 3.63) is 94.2 Å². The van der Waals surface area contributed by atoms with Gasteiger partial charge in [0.2, 0.25) is 5.75 Å². The highest BCUT2D eigenvalue weighted by Crippen LogP contribution is 2.23. The Morgan fingerprint density at radius 2 is 1.81 bits per heavy atom. The van der Waals surface area contributed by atoms with E-state index in [1.807, 2.05) is 31.2 Å². The molecule has 0 radical (unpaired) electrons. The molecule has 0 fully saturated rings. The summed E-state index contributed by atoms with van der Waals surface area (Å²) in [4.78, 5) is 26.6. The number of H-pyrrole nitrogens is 1. The Balaban J connectivity index is 1.71. The van der Waals surface area contributed by atoms with Crippen molar-refractivity contribution in [2.45, 2.75) is 19.3 Å². The predicted molar refractivity (Wildman–Crippen MR) is 123 cm³/mol. The van der Waals surface area contributed by atoms with E-state index in [1.165, 1.54) is 6.33 Å². The second kappa shape index (κ2) is 11.3. The number of aromatic hydroxyl groups is 1. The van der Waals surface area contributed by atoms with Gasteiger partial charge in [-0.2, -0.15) is 0 Å². The summed E-state index contributed by atoms with van der Waals surface area (Å²) in [6.45, 7) is 6.67. The summed E-state index contributed by atoms with van der Waals surface area (Å²) in [5, 5.41) is 13.4. The van der Waals surface area contributed by atoms with Gasteiger partial charge >= 0.3 is 0 Å². The van der Waals surface area contributed by atoms with Gasteiger partial charge in [-0.05, 0) is 48.8 Å². The molecule has 0 saturated carbocycles. The number of nitrogens with one attached hydrogen (secondary N) is 2. The first-order valence-electron chi connectivity index (χ1n) is 10.0. The maximum Gasteiger partial charge on any atom is 0.293 e. The lowest BCUT2D eigenvalue weighted by Crippen LogP contribution is -2.25. The molecule has 2 heterocycles. The van der Waals surface area contributed by atoms with Crippen LogP contribution in [-0.2, 0) is 6.42 Å². The Bertz CT molecular complexity index is 1240. The van der Waals surface area contributed by atoms with Crippen molar-refractivity contribution in [2.75, 3.05) is 13.1 Å². The third-order valence-corrected chi connectivity index (χ3v) is 4.62. The van der Waals surface area contributed by atoms with Crippen molar-refractivity contribution < 1.29 is 5.11 Å². The first-order valence-corrected chi connectivity index (χ1v) is 10.0. The van der Waals surface area contributed by atoms with Crippen molar-refractivity contribution in [1.82, 2.24) is 25.3 Å². The van der Waals surface area contributed by atoms with E-state index in [9.17, 15) is 9.90 Å². The van der Waals surface area contributed by atoms with Gasteiger partial charge in [-0.3, -0.25) is 4.79 Å². The third kappa shape index (κ3) is 6.40. The van der Waals surface area contributed by atoms with Gasteiger partial charge in [-0.1, -0.05) is 24.1 Å². The van der Waals surface area contributed by atoms with E-state index in [1.54, 1.807) is 18.5 Å². The Morgan fingerprint density at radius 3 is 2.50 bits per heavy atom. The number of aryl methyl sites for hydroxylation is 1. The average molecular weight is 425 g/mol. The van der Waals surface area contributed by atoms with E-state index in [4.69, 9.17) is 0 Å². The lowest BCUT2D eigenvalue weighted by atomic mass is 9.94. The normalized spacial score (nSPS) is 10.9. The molecule has 0 saturated heterocycles. The van der Waals surface area contributed by atoms with Crippen LogP contribution >= 0.6 is 0 Å². The lowest BCUT2D eigenvalue weighted by molar-refractivity contribution is 0.441. The van der Waals surface area contributed by atoms with Crippen LogP contribution in [0.5, 0.6) is 5.75 Å². The number of rotatable bonds is 7. The second-order valence-electron chi connectivity index (χ2n) is 7.03. The Kier molecular flexibility index (Phi) is 7.91. The van der Waals surface area contributed by atoms with E-state index >= 15 is 0 Å². The smallest absolute Gasteiger partial charge is 0.293 e. The summed E-state index contributed by atoms with van der Waals surface area (Å²) >= 11 is 0. The van der Waals surface area contributed by atoms with Crippen LogP contribution < -0.4 is 10.9 Å². The van der Waals surface area contributed by atoms with Crippen molar-refractivity contribution in [3.63, 3.8) is 0 Å². The topological polar surface area (TPSA) is 104 Å². The predicted octanol–water partition coefficient (Wildman–Crippen LogP) is 2.08. The van der Waals surface area contributed by atoms with Crippen LogP contribution in [0.1, 0.15) is 34.1 Å². The maximum absolute atomic E-state index is 11.8. The summed E-state index contributed by atoms with van der Waals surface area (Å²) in [5.74, 6) is 11.7. The molecule has 0 bridgehead atoms. The fraction of sp³-hybridized carbons (Fsp3) is 0.200. The molecule has 1 aromatic carbocycles. The standard InChI is InChI=1S/C25H23N5O2/c1-3-12-26-16-22(23-24(31)25(32)30-17-29-23)13-20-10-8-19(9-11-20)6-4-5-7-21-14-27-18(2)28-15-21/h3,8-11,14-15,17,22,26,31H,1,12-13,16H2,2H3,(H,29,30,32). The molecule has 0 amide bonds. The zero-order valence-corrected chi connectivity index (χ0v) is 17.7. The Morgan fingerprint density at radius 1 is 1.12 bits per heavy atom. The van der Waals surface area contributed by atoms with Gasteiger partial charge < -0.3 is 15.4 Å². The van der Waals surface area contributed by atoms with Crippen LogP contribution in [-0.4, -0.2) is 38.1 Å². The van der Waals surface area contributed by atoms with E-state index in [0.717, 1.165) is 11.1 Å². The molecular formula is C25H23N5O2. The van der Waals surface area contributed by atoms with E-state index in [0.29, 0.717) is 36.6 Å². The molecule has 2 aromatic heterocycles. The van der Waals surface area contributed by atoms with Crippen molar-refractivity contribution in [3.8, 4) is 29.4 Å². The molecule has 7 heteroatoms. The summed E-state index contributed by atoms with van der Waals surface area (Å²) in [6, 6.07) is 7.77. The molecule has 0 spiro atoms. The maximum atomic E-state index is 11.8. The minimum atomic E-state index is -0.548. The lowest BCUT2D eigenvalue weighted by Gasteiger charge is -2.17. The molecule has 0 aliphatic carbocycles. The number of nitrogens with zero attached hydrogens (tertiary/aromatic N) is 3. The van der Waals surface area contributed by atoms with Gasteiger partial charge in [0.1, 0.15) is 5.82 Å². The van der Waals surface area contributed by atoms with E-state index in [2.05, 4.69) is 55.5 Å². The fourth-order valence-electron chi connectivity index (χ4n) is 3.00. The van der Waals surface area contributed by atoms with Gasteiger partial charge in [0.05, 0.1) is 17.6 Å². The first kappa shape index (κ1) is 22.5. The van der Waals surface area contributed by atoms with Gasteiger partial charge in [-0.15, -0.1) is 6.58 Å². The van der Waals surface area contributed by atoms with E-state index in [-0.39, 0.29) is 11.7 Å². The highest BCUT2D eigenvalue weighted by Gasteiger charge is 2.19. The Hall–Kier alpha value is -4.20. The monoisotopic (exact) mass is 425 g/mol. The van der Waals surface area contributed by atoms with Crippen LogP contribution in [0.3, 0.4) is 0 Å². The molecule has 0 aliphatic rings. The molecular weight excluding hydrogens is 402 g/mol. The number of hydrogen-bond acceptors (Lipinski definition) is 6. The minimum Gasteiger partial charge on any atom is -0.502 e.